The first-order chi connectivity index (χ1) is 13.4. The second-order valence-electron chi connectivity index (χ2n) is 6.46. The van der Waals surface area contributed by atoms with Crippen LogP contribution < -0.4 is 4.90 Å². The molecule has 0 atom stereocenters. The van der Waals surface area contributed by atoms with Crippen LogP contribution in [0.1, 0.15) is 18.1 Å². The quantitative estimate of drug-likeness (QED) is 0.725. The van der Waals surface area contributed by atoms with Gasteiger partial charge in [-0.1, -0.05) is 48.3 Å². The third kappa shape index (κ3) is 3.65. The van der Waals surface area contributed by atoms with Gasteiger partial charge in [-0.05, 0) is 36.2 Å². The molecule has 0 unspecified atom stereocenters. The largest absolute Gasteiger partial charge is 0.395 e. The van der Waals surface area contributed by atoms with Crippen molar-refractivity contribution in [1.29, 1.82) is 0 Å². The van der Waals surface area contributed by atoms with Crippen molar-refractivity contribution in [3.05, 3.63) is 69.3 Å². The molecule has 0 aromatic heterocycles. The minimum Gasteiger partial charge on any atom is -0.395 e. The van der Waals surface area contributed by atoms with E-state index < -0.39 is 11.8 Å². The van der Waals surface area contributed by atoms with Gasteiger partial charge in [-0.2, -0.15) is 0 Å². The Hall–Kier alpha value is -2.34. The molecule has 5 nitrogen and oxygen atoms in total. The number of aryl methyl sites for hydroxylation is 1. The fourth-order valence-electron chi connectivity index (χ4n) is 3.18. The van der Waals surface area contributed by atoms with E-state index in [1.54, 1.807) is 36.2 Å². The predicted molar refractivity (Wildman–Crippen MR) is 111 cm³/mol. The van der Waals surface area contributed by atoms with Crippen LogP contribution in [0, 0.1) is 0 Å². The number of rotatable bonds is 6. The van der Waals surface area contributed by atoms with Crippen LogP contribution in [0.4, 0.5) is 5.69 Å². The summed E-state index contributed by atoms with van der Waals surface area (Å²) in [6.07, 6.45) is 0.858. The first kappa shape index (κ1) is 20.4. The Balaban J connectivity index is 2.13. The SMILES string of the molecule is CCc1ccc(N2C(=O)C(c3ccc(Cl)cc3Cl)=C(N(C)CCO)C2=O)cc1. The van der Waals surface area contributed by atoms with Crippen molar-refractivity contribution in [2.24, 2.45) is 0 Å². The molecule has 2 aromatic rings. The lowest BCUT2D eigenvalue weighted by atomic mass is 10.0. The normalized spacial score (nSPS) is 14.2. The highest BCUT2D eigenvalue weighted by Gasteiger charge is 2.42. The molecule has 0 radical (unpaired) electrons. The lowest BCUT2D eigenvalue weighted by Gasteiger charge is -2.20. The molecule has 1 heterocycles. The van der Waals surface area contributed by atoms with Gasteiger partial charge in [0.05, 0.1) is 22.9 Å². The molecule has 0 saturated carbocycles. The number of imide groups is 1. The zero-order chi connectivity index (χ0) is 20.4. The first-order valence-electron chi connectivity index (χ1n) is 8.88. The van der Waals surface area contributed by atoms with E-state index in [-0.39, 0.29) is 29.4 Å². The van der Waals surface area contributed by atoms with Crippen LogP contribution in [0.2, 0.25) is 10.0 Å². The molecule has 2 amide bonds. The monoisotopic (exact) mass is 418 g/mol. The molecule has 0 bridgehead atoms. The van der Waals surface area contributed by atoms with Gasteiger partial charge in [-0.3, -0.25) is 9.59 Å². The van der Waals surface area contributed by atoms with Gasteiger partial charge < -0.3 is 10.0 Å². The molecular weight excluding hydrogens is 399 g/mol. The summed E-state index contributed by atoms with van der Waals surface area (Å²) < 4.78 is 0. The number of hydrogen-bond donors (Lipinski definition) is 1. The third-order valence-electron chi connectivity index (χ3n) is 4.68. The summed E-state index contributed by atoms with van der Waals surface area (Å²) in [6.45, 7) is 2.07. The van der Waals surface area contributed by atoms with E-state index in [1.807, 2.05) is 19.1 Å². The van der Waals surface area contributed by atoms with E-state index in [4.69, 9.17) is 23.2 Å². The van der Waals surface area contributed by atoms with Gasteiger partial charge >= 0.3 is 0 Å². The smallest absolute Gasteiger partial charge is 0.282 e. The van der Waals surface area contributed by atoms with Gasteiger partial charge in [-0.15, -0.1) is 0 Å². The number of hydrogen-bond acceptors (Lipinski definition) is 4. The van der Waals surface area contributed by atoms with Crippen molar-refractivity contribution >= 4 is 46.3 Å². The number of carbonyl (C=O) groups is 2. The zero-order valence-electron chi connectivity index (χ0n) is 15.6. The summed E-state index contributed by atoms with van der Waals surface area (Å²) in [6, 6.07) is 12.1. The molecular formula is C21H20Cl2N2O3. The molecule has 28 heavy (non-hydrogen) atoms. The Labute approximate surface area is 173 Å². The maximum atomic E-state index is 13.3. The minimum atomic E-state index is -0.460. The number of anilines is 1. The molecule has 0 aliphatic carbocycles. The predicted octanol–water partition coefficient (Wildman–Crippen LogP) is 3.76. The Morgan fingerprint density at radius 3 is 2.29 bits per heavy atom. The summed E-state index contributed by atoms with van der Waals surface area (Å²) in [5, 5.41) is 10.0. The summed E-state index contributed by atoms with van der Waals surface area (Å²) in [4.78, 5) is 29.2. The lowest BCUT2D eigenvalue weighted by Crippen LogP contribution is -2.34. The topological polar surface area (TPSA) is 60.9 Å². The van der Waals surface area contributed by atoms with E-state index in [2.05, 4.69) is 0 Å². The molecule has 0 spiro atoms. The van der Waals surface area contributed by atoms with Crippen molar-refractivity contribution < 1.29 is 14.7 Å². The molecule has 3 rings (SSSR count). The molecule has 146 valence electrons. The minimum absolute atomic E-state index is 0.158. The lowest BCUT2D eigenvalue weighted by molar-refractivity contribution is -0.120. The van der Waals surface area contributed by atoms with Crippen LogP contribution in [-0.4, -0.2) is 42.0 Å². The van der Waals surface area contributed by atoms with E-state index in [0.717, 1.165) is 16.9 Å². The number of amides is 2. The van der Waals surface area contributed by atoms with Crippen LogP contribution in [0.25, 0.3) is 5.57 Å². The number of aliphatic hydroxyl groups is 1. The van der Waals surface area contributed by atoms with Crippen molar-refractivity contribution in [1.82, 2.24) is 4.90 Å². The number of aliphatic hydroxyl groups excluding tert-OH is 1. The number of nitrogens with zero attached hydrogens (tertiary/aromatic N) is 2. The molecule has 1 N–H and O–H groups in total. The van der Waals surface area contributed by atoms with E-state index in [1.165, 1.54) is 6.07 Å². The highest BCUT2D eigenvalue weighted by atomic mass is 35.5. The van der Waals surface area contributed by atoms with Gasteiger partial charge in [0.1, 0.15) is 5.70 Å². The van der Waals surface area contributed by atoms with Crippen LogP contribution in [-0.2, 0) is 16.0 Å². The Bertz CT molecular complexity index is 955. The average molecular weight is 419 g/mol. The Morgan fingerprint density at radius 1 is 1.04 bits per heavy atom. The fourth-order valence-corrected chi connectivity index (χ4v) is 3.69. The molecule has 2 aromatic carbocycles. The summed E-state index contributed by atoms with van der Waals surface area (Å²) in [7, 11) is 1.66. The van der Waals surface area contributed by atoms with Crippen molar-refractivity contribution in [3.63, 3.8) is 0 Å². The van der Waals surface area contributed by atoms with Crippen LogP contribution in [0.5, 0.6) is 0 Å². The highest BCUT2D eigenvalue weighted by molar-refractivity contribution is 6.47. The molecule has 1 aliphatic heterocycles. The Kier molecular flexibility index (Phi) is 6.08. The number of benzene rings is 2. The van der Waals surface area contributed by atoms with Crippen LogP contribution in [0.15, 0.2) is 48.2 Å². The second-order valence-corrected chi connectivity index (χ2v) is 7.30. The average Bonchev–Trinajstić information content (AvgIpc) is 2.92. The second kappa shape index (κ2) is 8.35. The van der Waals surface area contributed by atoms with E-state index in [0.29, 0.717) is 16.3 Å². The van der Waals surface area contributed by atoms with Crippen molar-refractivity contribution in [2.45, 2.75) is 13.3 Å². The zero-order valence-corrected chi connectivity index (χ0v) is 17.1. The van der Waals surface area contributed by atoms with Gasteiger partial charge in [0.25, 0.3) is 11.8 Å². The van der Waals surface area contributed by atoms with Gasteiger partial charge in [0, 0.05) is 24.2 Å². The van der Waals surface area contributed by atoms with Crippen molar-refractivity contribution in [3.8, 4) is 0 Å². The number of likely N-dealkylation sites (N-methyl/N-ethyl adjacent to an activating group) is 1. The fraction of sp³-hybridized carbons (Fsp3) is 0.238. The first-order valence-corrected chi connectivity index (χ1v) is 9.64. The van der Waals surface area contributed by atoms with E-state index in [9.17, 15) is 14.7 Å². The summed E-state index contributed by atoms with van der Waals surface area (Å²) in [5.74, 6) is -0.913. The van der Waals surface area contributed by atoms with Crippen molar-refractivity contribution in [2.75, 3.05) is 25.1 Å². The number of carbonyl (C=O) groups excluding carboxylic acids is 2. The molecule has 7 heteroatoms. The maximum Gasteiger partial charge on any atom is 0.282 e. The van der Waals surface area contributed by atoms with Crippen LogP contribution >= 0.6 is 23.2 Å². The third-order valence-corrected chi connectivity index (χ3v) is 5.23. The summed E-state index contributed by atoms with van der Waals surface area (Å²) >= 11 is 12.3. The van der Waals surface area contributed by atoms with Gasteiger partial charge in [0.15, 0.2) is 0 Å². The molecule has 0 saturated heterocycles. The number of halogens is 2. The highest BCUT2D eigenvalue weighted by Crippen LogP contribution is 2.37. The van der Waals surface area contributed by atoms with Gasteiger partial charge in [0.2, 0.25) is 0 Å². The van der Waals surface area contributed by atoms with E-state index >= 15 is 0 Å². The Morgan fingerprint density at radius 2 is 1.71 bits per heavy atom. The molecule has 0 fully saturated rings. The van der Waals surface area contributed by atoms with Gasteiger partial charge in [-0.25, -0.2) is 4.90 Å². The standard InChI is InChI=1S/C21H20Cl2N2O3/c1-3-13-4-7-15(8-5-13)25-20(27)18(16-9-6-14(22)12-17(16)23)19(21(25)28)24(2)10-11-26/h4-9,12,26H,3,10-11H2,1-2H3. The van der Waals surface area contributed by atoms with Crippen LogP contribution in [0.3, 0.4) is 0 Å². The summed E-state index contributed by atoms with van der Waals surface area (Å²) in [5.41, 5.74) is 2.42. The maximum absolute atomic E-state index is 13.3. The molecule has 1 aliphatic rings.